The summed E-state index contributed by atoms with van der Waals surface area (Å²) < 4.78 is 54.9. The van der Waals surface area contributed by atoms with Gasteiger partial charge in [-0.1, -0.05) is 18.2 Å². The van der Waals surface area contributed by atoms with Crippen LogP contribution in [0.1, 0.15) is 27.0 Å². The Morgan fingerprint density at radius 2 is 1.55 bits per heavy atom. The quantitative estimate of drug-likeness (QED) is 0.335. The Balaban J connectivity index is 0.940. The third kappa shape index (κ3) is 7.93. The number of amides is 2. The molecule has 0 radical (unpaired) electrons. The molecule has 3 aromatic carbocycles. The molecule has 0 bridgehead atoms. The lowest BCUT2D eigenvalue weighted by Gasteiger charge is -2.34. The van der Waals surface area contributed by atoms with Gasteiger partial charge in [0.05, 0.1) is 12.1 Å². The van der Waals surface area contributed by atoms with Crippen molar-refractivity contribution in [1.29, 1.82) is 0 Å². The molecule has 0 spiro atoms. The predicted molar refractivity (Wildman–Crippen MR) is 163 cm³/mol. The summed E-state index contributed by atoms with van der Waals surface area (Å²) in [6.45, 7) is 3.42. The highest BCUT2D eigenvalue weighted by molar-refractivity contribution is 6.36. The number of carbonyl (C=O) groups excluding carboxylic acids is 3. The molecule has 47 heavy (non-hydrogen) atoms. The number of rotatable bonds is 9. The van der Waals surface area contributed by atoms with Gasteiger partial charge in [0.1, 0.15) is 5.75 Å². The van der Waals surface area contributed by atoms with Gasteiger partial charge in [0, 0.05) is 56.5 Å². The molecule has 10 nitrogen and oxygen atoms in total. The van der Waals surface area contributed by atoms with E-state index in [2.05, 4.69) is 15.5 Å². The van der Waals surface area contributed by atoms with Crippen molar-refractivity contribution >= 4 is 17.6 Å². The number of Topliss-reactive ketones (excluding diaryl/α,β-unsaturated/α-hetero) is 1. The normalized spacial score (nSPS) is 16.1. The zero-order valence-corrected chi connectivity index (χ0v) is 25.1. The molecule has 0 aliphatic carbocycles. The molecule has 0 aromatic heterocycles. The Hall–Kier alpha value is -5.30. The Labute approximate surface area is 268 Å². The summed E-state index contributed by atoms with van der Waals surface area (Å²) in [5, 5.41) is 5.68. The Morgan fingerprint density at radius 1 is 0.851 bits per heavy atom. The van der Waals surface area contributed by atoms with Crippen LogP contribution in [0, 0.1) is 0 Å². The summed E-state index contributed by atoms with van der Waals surface area (Å²) >= 11 is 0. The van der Waals surface area contributed by atoms with Gasteiger partial charge in [0.25, 0.3) is 11.8 Å². The molecule has 13 heteroatoms. The summed E-state index contributed by atoms with van der Waals surface area (Å²) in [7, 11) is 0. The summed E-state index contributed by atoms with van der Waals surface area (Å²) in [6, 6.07) is 16.7. The summed E-state index contributed by atoms with van der Waals surface area (Å²) in [5.41, 5.74) is 1.55. The molecule has 1 fully saturated rings. The van der Waals surface area contributed by atoms with Crippen LogP contribution in [-0.2, 0) is 28.7 Å². The van der Waals surface area contributed by atoms with Gasteiger partial charge in [-0.25, -0.2) is 0 Å². The van der Waals surface area contributed by atoms with E-state index >= 15 is 0 Å². The molecule has 6 rings (SSSR count). The van der Waals surface area contributed by atoms with E-state index in [4.69, 9.17) is 14.2 Å². The first-order valence-corrected chi connectivity index (χ1v) is 14.9. The minimum Gasteiger partial charge on any atom is -0.454 e. The van der Waals surface area contributed by atoms with E-state index in [1.54, 1.807) is 41.3 Å². The molecule has 3 aliphatic heterocycles. The van der Waals surface area contributed by atoms with Crippen molar-refractivity contribution in [1.82, 2.24) is 20.4 Å². The maximum atomic E-state index is 12.9. The van der Waals surface area contributed by atoms with Crippen LogP contribution in [0.4, 0.5) is 13.2 Å². The first-order chi connectivity index (χ1) is 22.6. The highest BCUT2D eigenvalue weighted by Gasteiger charge is 2.30. The number of nitrogens with zero attached hydrogens (tertiary/aromatic N) is 2. The molecule has 3 aliphatic rings. The van der Waals surface area contributed by atoms with Crippen molar-refractivity contribution in [2.24, 2.45) is 0 Å². The van der Waals surface area contributed by atoms with E-state index in [0.29, 0.717) is 55.6 Å². The lowest BCUT2D eigenvalue weighted by molar-refractivity contribution is -0.145. The second kappa shape index (κ2) is 13.6. The van der Waals surface area contributed by atoms with Crippen molar-refractivity contribution < 1.29 is 41.8 Å². The first-order valence-electron chi connectivity index (χ1n) is 14.9. The zero-order valence-electron chi connectivity index (χ0n) is 25.1. The van der Waals surface area contributed by atoms with Gasteiger partial charge in [-0.2, -0.15) is 13.2 Å². The Bertz CT molecular complexity index is 1710. The minimum atomic E-state index is -4.47. The van der Waals surface area contributed by atoms with Crippen molar-refractivity contribution in [3.63, 3.8) is 0 Å². The molecule has 3 heterocycles. The molecule has 3 aromatic rings. The summed E-state index contributed by atoms with van der Waals surface area (Å²) in [6.07, 6.45) is -1.26. The number of dihydropyridines is 1. The van der Waals surface area contributed by atoms with Crippen LogP contribution < -0.4 is 24.8 Å². The molecule has 2 N–H and O–H groups in total. The Morgan fingerprint density at radius 3 is 2.23 bits per heavy atom. The molecule has 244 valence electrons. The number of alkyl halides is 3. The number of allylic oxidation sites excluding steroid dienone is 2. The highest BCUT2D eigenvalue weighted by atomic mass is 19.4. The van der Waals surface area contributed by atoms with Crippen LogP contribution in [0.2, 0.25) is 0 Å². The average molecular weight is 649 g/mol. The lowest BCUT2D eigenvalue weighted by atomic mass is 10.1. The van der Waals surface area contributed by atoms with Gasteiger partial charge in [-0.3, -0.25) is 19.3 Å². The SMILES string of the molecule is O=C(Cc1ccc(OC2=CC=C(NC(=O)c3ccc(C(F)(F)F)cc3)CN2)cc1)C(=O)N1CCN(Cc2ccc3c(c2)OCO3)CC1. The number of hydrogen-bond acceptors (Lipinski definition) is 8. The molecule has 1 saturated heterocycles. The van der Waals surface area contributed by atoms with E-state index < -0.39 is 29.3 Å². The zero-order chi connectivity index (χ0) is 33.0. The Kier molecular flexibility index (Phi) is 9.16. The number of ether oxygens (including phenoxy) is 3. The molecule has 0 unspecified atom stereocenters. The van der Waals surface area contributed by atoms with Crippen molar-refractivity contribution in [2.45, 2.75) is 19.1 Å². The average Bonchev–Trinajstić information content (AvgIpc) is 3.54. The van der Waals surface area contributed by atoms with E-state index in [1.807, 2.05) is 18.2 Å². The molecular formula is C34H31F3N4O6. The van der Waals surface area contributed by atoms with E-state index in [9.17, 15) is 27.6 Å². The number of nitrogens with one attached hydrogen (secondary N) is 2. The van der Waals surface area contributed by atoms with Gasteiger partial charge in [-0.05, 0) is 65.7 Å². The fourth-order valence-electron chi connectivity index (χ4n) is 5.31. The maximum absolute atomic E-state index is 12.9. The van der Waals surface area contributed by atoms with Crippen LogP contribution in [0.5, 0.6) is 17.2 Å². The fraction of sp³-hybridized carbons (Fsp3) is 0.265. The van der Waals surface area contributed by atoms with Gasteiger partial charge >= 0.3 is 6.18 Å². The van der Waals surface area contributed by atoms with Gasteiger partial charge in [0.2, 0.25) is 12.6 Å². The van der Waals surface area contributed by atoms with Crippen LogP contribution >= 0.6 is 0 Å². The van der Waals surface area contributed by atoms with Crippen molar-refractivity contribution in [2.75, 3.05) is 39.5 Å². The monoisotopic (exact) mass is 648 g/mol. The molecule has 2 amide bonds. The molecule has 0 saturated carbocycles. The predicted octanol–water partition coefficient (Wildman–Crippen LogP) is 4.03. The second-order valence-electron chi connectivity index (χ2n) is 11.2. The number of benzene rings is 3. The minimum absolute atomic E-state index is 0.0256. The first kappa shape index (κ1) is 31.7. The molecule has 0 atom stereocenters. The number of fused-ring (bicyclic) bond motifs is 1. The second-order valence-corrected chi connectivity index (χ2v) is 11.2. The van der Waals surface area contributed by atoms with Gasteiger partial charge in [0.15, 0.2) is 17.4 Å². The number of carbonyl (C=O) groups is 3. The van der Waals surface area contributed by atoms with Crippen molar-refractivity contribution in [3.05, 3.63) is 113 Å². The van der Waals surface area contributed by atoms with Gasteiger partial charge in [-0.15, -0.1) is 0 Å². The van der Waals surface area contributed by atoms with Crippen LogP contribution in [0.25, 0.3) is 0 Å². The number of hydrogen-bond donors (Lipinski definition) is 2. The summed E-state index contributed by atoms with van der Waals surface area (Å²) in [5.74, 6) is 0.885. The third-order valence-electron chi connectivity index (χ3n) is 7.89. The van der Waals surface area contributed by atoms with Gasteiger partial charge < -0.3 is 29.7 Å². The van der Waals surface area contributed by atoms with Crippen molar-refractivity contribution in [3.8, 4) is 17.2 Å². The highest BCUT2D eigenvalue weighted by Crippen LogP contribution is 2.33. The van der Waals surface area contributed by atoms with E-state index in [-0.39, 0.29) is 25.3 Å². The smallest absolute Gasteiger partial charge is 0.416 e. The van der Waals surface area contributed by atoms with Crippen LogP contribution in [0.3, 0.4) is 0 Å². The topological polar surface area (TPSA) is 109 Å². The number of piperazine rings is 1. The van der Waals surface area contributed by atoms with Crippen LogP contribution in [0.15, 0.2) is 90.5 Å². The number of ketones is 1. The fourth-order valence-corrected chi connectivity index (χ4v) is 5.31. The largest absolute Gasteiger partial charge is 0.454 e. The maximum Gasteiger partial charge on any atom is 0.416 e. The lowest BCUT2D eigenvalue weighted by Crippen LogP contribution is -2.50. The third-order valence-corrected chi connectivity index (χ3v) is 7.89. The number of halogens is 3. The van der Waals surface area contributed by atoms with Crippen LogP contribution in [-0.4, -0.2) is 66.9 Å². The standard InChI is InChI=1S/C34H31F3N4O6/c35-34(36,37)25-6-4-24(5-7-25)32(43)39-26-8-12-31(38-19-26)47-27-9-1-22(2-10-27)17-28(42)33(44)41-15-13-40(14-16-41)20-23-3-11-29-30(18-23)46-21-45-29/h1-12,18,38H,13-17,19-21H2,(H,39,43). The summed E-state index contributed by atoms with van der Waals surface area (Å²) in [4.78, 5) is 41.9. The van der Waals surface area contributed by atoms with E-state index in [1.165, 1.54) is 0 Å². The van der Waals surface area contributed by atoms with E-state index in [0.717, 1.165) is 41.3 Å². The molecular weight excluding hydrogens is 617 g/mol.